The van der Waals surface area contributed by atoms with Crippen LogP contribution in [0.3, 0.4) is 0 Å². The van der Waals surface area contributed by atoms with Gasteiger partial charge in [0.25, 0.3) is 0 Å². The average molecular weight is 242 g/mol. The van der Waals surface area contributed by atoms with Crippen LogP contribution in [0.5, 0.6) is 0 Å². The van der Waals surface area contributed by atoms with Crippen LogP contribution >= 0.6 is 0 Å². The Bertz CT molecular complexity index is 379. The average Bonchev–Trinajstić information content (AvgIpc) is 2.84. The summed E-state index contributed by atoms with van der Waals surface area (Å²) in [6.07, 6.45) is 0.648. The van der Waals surface area contributed by atoms with Gasteiger partial charge in [-0.3, -0.25) is 10.0 Å². The molecule has 0 bridgehead atoms. The van der Waals surface area contributed by atoms with Crippen molar-refractivity contribution in [3.63, 3.8) is 0 Å². The lowest BCUT2D eigenvalue weighted by atomic mass is 10.2. The van der Waals surface area contributed by atoms with Crippen molar-refractivity contribution in [1.29, 1.82) is 0 Å². The van der Waals surface area contributed by atoms with E-state index < -0.39 is 12.2 Å². The molecule has 1 saturated heterocycles. The fraction of sp³-hybridized carbons (Fsp3) is 0.700. The lowest BCUT2D eigenvalue weighted by Crippen LogP contribution is -2.37. The van der Waals surface area contributed by atoms with Gasteiger partial charge >= 0.3 is 11.7 Å². The molecule has 2 rings (SSSR count). The van der Waals surface area contributed by atoms with Crippen molar-refractivity contribution in [1.82, 2.24) is 4.90 Å². The molecule has 0 radical (unpaired) electrons. The highest BCUT2D eigenvalue weighted by atomic mass is 16.9. The van der Waals surface area contributed by atoms with Gasteiger partial charge in [0.1, 0.15) is 0 Å². The number of carbonyl (C=O) groups is 2. The van der Waals surface area contributed by atoms with Crippen molar-refractivity contribution in [3.8, 4) is 0 Å². The maximum absolute atomic E-state index is 11.5. The van der Waals surface area contributed by atoms with Gasteiger partial charge in [-0.2, -0.15) is 0 Å². The summed E-state index contributed by atoms with van der Waals surface area (Å²) in [5, 5.41) is 11.4. The first-order chi connectivity index (χ1) is 8.13. The molecule has 0 aromatic heterocycles. The number of ether oxygens (including phenoxy) is 1. The molecule has 0 spiro atoms. The van der Waals surface area contributed by atoms with Crippen molar-refractivity contribution in [2.75, 3.05) is 13.2 Å². The SMILES string of the molecule is CCOC(=O)C1=[N+]([O-])OC(N2CCCC2=O)C1. The highest BCUT2D eigenvalue weighted by molar-refractivity contribution is 6.34. The van der Waals surface area contributed by atoms with Crippen molar-refractivity contribution in [2.24, 2.45) is 0 Å². The van der Waals surface area contributed by atoms with Crippen molar-refractivity contribution in [2.45, 2.75) is 32.4 Å². The first-order valence-electron chi connectivity index (χ1n) is 5.60. The van der Waals surface area contributed by atoms with Gasteiger partial charge in [-0.1, -0.05) is 0 Å². The fourth-order valence-electron chi connectivity index (χ4n) is 1.96. The summed E-state index contributed by atoms with van der Waals surface area (Å²) in [6.45, 7) is 2.42. The van der Waals surface area contributed by atoms with E-state index in [0.29, 0.717) is 13.0 Å². The van der Waals surface area contributed by atoms with E-state index >= 15 is 0 Å². The van der Waals surface area contributed by atoms with Crippen LogP contribution in [-0.2, 0) is 19.2 Å². The highest BCUT2D eigenvalue weighted by Gasteiger charge is 2.40. The second-order valence-corrected chi connectivity index (χ2v) is 3.88. The van der Waals surface area contributed by atoms with Crippen LogP contribution in [0.25, 0.3) is 0 Å². The molecule has 2 aliphatic rings. The summed E-state index contributed by atoms with van der Waals surface area (Å²) >= 11 is 0. The lowest BCUT2D eigenvalue weighted by Gasteiger charge is -2.23. The first kappa shape index (κ1) is 11.7. The van der Waals surface area contributed by atoms with E-state index in [0.717, 1.165) is 6.42 Å². The number of hydrogen-bond acceptors (Lipinski definition) is 5. The van der Waals surface area contributed by atoms with E-state index in [2.05, 4.69) is 0 Å². The Morgan fingerprint density at radius 2 is 2.47 bits per heavy atom. The first-order valence-corrected chi connectivity index (χ1v) is 5.60. The van der Waals surface area contributed by atoms with Gasteiger partial charge in [0.15, 0.2) is 6.23 Å². The maximum Gasteiger partial charge on any atom is 0.405 e. The van der Waals surface area contributed by atoms with Crippen molar-refractivity contribution in [3.05, 3.63) is 5.21 Å². The smallest absolute Gasteiger partial charge is 0.405 e. The van der Waals surface area contributed by atoms with Gasteiger partial charge in [-0.05, 0) is 13.3 Å². The van der Waals surface area contributed by atoms with Gasteiger partial charge in [-0.25, -0.2) is 4.79 Å². The van der Waals surface area contributed by atoms with E-state index in [-0.39, 0.29) is 29.5 Å². The second kappa shape index (κ2) is 4.60. The molecule has 0 aromatic carbocycles. The zero-order valence-electron chi connectivity index (χ0n) is 9.55. The van der Waals surface area contributed by atoms with E-state index in [1.54, 1.807) is 6.92 Å². The lowest BCUT2D eigenvalue weighted by molar-refractivity contribution is -0.745. The molecule has 2 aliphatic heterocycles. The zero-order chi connectivity index (χ0) is 12.4. The molecule has 1 atom stereocenters. The molecule has 17 heavy (non-hydrogen) atoms. The Morgan fingerprint density at radius 3 is 3.06 bits per heavy atom. The Morgan fingerprint density at radius 1 is 1.71 bits per heavy atom. The minimum atomic E-state index is -0.684. The number of likely N-dealkylation sites (tertiary alicyclic amines) is 1. The number of esters is 1. The van der Waals surface area contributed by atoms with Gasteiger partial charge in [0.2, 0.25) is 5.91 Å². The Hall–Kier alpha value is -1.79. The Balaban J connectivity index is 2.01. The third-order valence-corrected chi connectivity index (χ3v) is 2.77. The summed E-state index contributed by atoms with van der Waals surface area (Å²) in [7, 11) is 0. The molecule has 2 heterocycles. The molecule has 7 nitrogen and oxygen atoms in total. The number of hydrogen-bond donors (Lipinski definition) is 0. The predicted octanol–water partition coefficient (Wildman–Crippen LogP) is -0.215. The summed E-state index contributed by atoms with van der Waals surface area (Å²) in [6, 6.07) is 0. The fourth-order valence-corrected chi connectivity index (χ4v) is 1.96. The molecule has 1 amide bonds. The van der Waals surface area contributed by atoms with Crippen molar-refractivity contribution < 1.29 is 24.1 Å². The molecule has 0 saturated carbocycles. The molecule has 0 aromatic rings. The maximum atomic E-state index is 11.5. The van der Waals surface area contributed by atoms with Crippen LogP contribution in [0.2, 0.25) is 0 Å². The van der Waals surface area contributed by atoms with Crippen LogP contribution in [0, 0.1) is 5.21 Å². The predicted molar refractivity (Wildman–Crippen MR) is 55.7 cm³/mol. The molecule has 1 unspecified atom stereocenters. The molecule has 1 fully saturated rings. The summed E-state index contributed by atoms with van der Waals surface area (Å²) < 4.78 is 4.73. The minimum Gasteiger partial charge on any atom is -0.458 e. The van der Waals surface area contributed by atoms with Gasteiger partial charge < -0.3 is 14.5 Å². The molecular weight excluding hydrogens is 228 g/mol. The topological polar surface area (TPSA) is 81.9 Å². The van der Waals surface area contributed by atoms with Crippen LogP contribution in [0.4, 0.5) is 0 Å². The summed E-state index contributed by atoms with van der Waals surface area (Å²) in [4.78, 5) is 29.5. The third-order valence-electron chi connectivity index (χ3n) is 2.77. The van der Waals surface area contributed by atoms with Crippen LogP contribution < -0.4 is 0 Å². The van der Waals surface area contributed by atoms with Crippen LogP contribution in [-0.4, -0.2) is 46.8 Å². The Kier molecular flexibility index (Phi) is 3.16. The zero-order valence-corrected chi connectivity index (χ0v) is 9.55. The van der Waals surface area contributed by atoms with E-state index in [9.17, 15) is 14.8 Å². The van der Waals surface area contributed by atoms with Crippen molar-refractivity contribution >= 4 is 17.6 Å². The van der Waals surface area contributed by atoms with Gasteiger partial charge in [-0.15, -0.1) is 0 Å². The second-order valence-electron chi connectivity index (χ2n) is 3.88. The van der Waals surface area contributed by atoms with Gasteiger partial charge in [0, 0.05) is 13.0 Å². The van der Waals surface area contributed by atoms with E-state index in [1.165, 1.54) is 4.90 Å². The molecule has 0 N–H and O–H groups in total. The number of nitrogens with zero attached hydrogens (tertiary/aromatic N) is 2. The van der Waals surface area contributed by atoms with Crippen LogP contribution in [0.1, 0.15) is 26.2 Å². The largest absolute Gasteiger partial charge is 0.458 e. The number of amides is 1. The summed E-state index contributed by atoms with van der Waals surface area (Å²) in [5.74, 6) is -0.731. The molecule has 0 aliphatic carbocycles. The quantitative estimate of drug-likeness (QED) is 0.505. The normalized spacial score (nSPS) is 24.2. The monoisotopic (exact) mass is 242 g/mol. The third kappa shape index (κ3) is 2.17. The standard InChI is InChI=1S/C10H14N2O5/c1-2-16-10(14)7-6-9(17-12(7)15)11-5-3-4-8(11)13/h9H,2-6H2,1H3. The highest BCUT2D eigenvalue weighted by Crippen LogP contribution is 2.21. The Labute approximate surface area is 98.1 Å². The summed E-state index contributed by atoms with van der Waals surface area (Å²) in [5.41, 5.74) is -0.0865. The van der Waals surface area contributed by atoms with Gasteiger partial charge in [0.05, 0.1) is 17.9 Å². The number of rotatable bonds is 3. The van der Waals surface area contributed by atoms with E-state index in [1.807, 2.05) is 0 Å². The number of carbonyl (C=O) groups excluding carboxylic acids is 2. The minimum absolute atomic E-state index is 0.0477. The molecule has 7 heteroatoms. The molecule has 94 valence electrons. The molecular formula is C10H14N2O5. The van der Waals surface area contributed by atoms with E-state index in [4.69, 9.17) is 9.57 Å². The van der Waals surface area contributed by atoms with Crippen LogP contribution in [0.15, 0.2) is 0 Å².